The quantitative estimate of drug-likeness (QED) is 0.890. The van der Waals surface area contributed by atoms with Crippen molar-refractivity contribution >= 4 is 0 Å². The summed E-state index contributed by atoms with van der Waals surface area (Å²) >= 11 is 0. The van der Waals surface area contributed by atoms with Gasteiger partial charge in [0.1, 0.15) is 11.6 Å². The number of hydrogen-bond acceptors (Lipinski definition) is 2. The average Bonchev–Trinajstić information content (AvgIpc) is 2.76. The van der Waals surface area contributed by atoms with Crippen molar-refractivity contribution in [3.8, 4) is 0 Å². The van der Waals surface area contributed by atoms with Gasteiger partial charge in [0.05, 0.1) is 12.3 Å². The number of aryl methyl sites for hydroxylation is 2. The minimum Gasteiger partial charge on any atom is -0.469 e. The summed E-state index contributed by atoms with van der Waals surface area (Å²) in [4.78, 5) is 0. The van der Waals surface area contributed by atoms with E-state index in [0.717, 1.165) is 23.4 Å². The van der Waals surface area contributed by atoms with Gasteiger partial charge in [-0.3, -0.25) is 0 Å². The van der Waals surface area contributed by atoms with Crippen LogP contribution in [0.3, 0.4) is 0 Å². The SMILES string of the molecule is CCNC(c1ccc(C)c(F)c1)c1ccoc1C. The summed E-state index contributed by atoms with van der Waals surface area (Å²) < 4.78 is 19.0. The highest BCUT2D eigenvalue weighted by atomic mass is 19.1. The molecular formula is C15H18FNO. The van der Waals surface area contributed by atoms with Gasteiger partial charge in [0.2, 0.25) is 0 Å². The molecule has 1 heterocycles. The molecule has 0 bridgehead atoms. The number of rotatable bonds is 4. The lowest BCUT2D eigenvalue weighted by Gasteiger charge is -2.18. The van der Waals surface area contributed by atoms with Crippen molar-refractivity contribution < 1.29 is 8.81 Å². The zero-order valence-corrected chi connectivity index (χ0v) is 11.0. The maximum atomic E-state index is 13.7. The van der Waals surface area contributed by atoms with Gasteiger partial charge in [0.15, 0.2) is 0 Å². The zero-order valence-electron chi connectivity index (χ0n) is 11.0. The first-order chi connectivity index (χ1) is 8.63. The normalized spacial score (nSPS) is 12.7. The Morgan fingerprint density at radius 1 is 1.28 bits per heavy atom. The van der Waals surface area contributed by atoms with Crippen molar-refractivity contribution in [1.29, 1.82) is 0 Å². The van der Waals surface area contributed by atoms with Gasteiger partial charge in [-0.2, -0.15) is 0 Å². The zero-order chi connectivity index (χ0) is 13.1. The summed E-state index contributed by atoms with van der Waals surface area (Å²) in [7, 11) is 0. The maximum absolute atomic E-state index is 13.7. The molecule has 1 N–H and O–H groups in total. The molecule has 0 fully saturated rings. The van der Waals surface area contributed by atoms with E-state index in [4.69, 9.17) is 4.42 Å². The lowest BCUT2D eigenvalue weighted by Crippen LogP contribution is -2.22. The van der Waals surface area contributed by atoms with Crippen LogP contribution in [0.5, 0.6) is 0 Å². The Balaban J connectivity index is 2.41. The smallest absolute Gasteiger partial charge is 0.126 e. The van der Waals surface area contributed by atoms with E-state index in [-0.39, 0.29) is 11.9 Å². The van der Waals surface area contributed by atoms with E-state index in [2.05, 4.69) is 5.32 Å². The van der Waals surface area contributed by atoms with E-state index in [1.807, 2.05) is 32.0 Å². The fourth-order valence-electron chi connectivity index (χ4n) is 2.09. The van der Waals surface area contributed by atoms with E-state index < -0.39 is 0 Å². The Hall–Kier alpha value is -1.61. The first-order valence-electron chi connectivity index (χ1n) is 6.17. The fraction of sp³-hybridized carbons (Fsp3) is 0.333. The van der Waals surface area contributed by atoms with Gasteiger partial charge >= 0.3 is 0 Å². The summed E-state index contributed by atoms with van der Waals surface area (Å²) in [5, 5.41) is 3.36. The molecule has 0 radical (unpaired) electrons. The van der Waals surface area contributed by atoms with Crippen LogP contribution in [0.25, 0.3) is 0 Å². The highest BCUT2D eigenvalue weighted by Gasteiger charge is 2.17. The molecule has 1 aromatic carbocycles. The number of hydrogen-bond donors (Lipinski definition) is 1. The molecule has 1 aromatic heterocycles. The minimum absolute atomic E-state index is 0.0242. The molecule has 0 aliphatic carbocycles. The van der Waals surface area contributed by atoms with Crippen LogP contribution >= 0.6 is 0 Å². The van der Waals surface area contributed by atoms with E-state index in [1.54, 1.807) is 19.3 Å². The van der Waals surface area contributed by atoms with Crippen molar-refractivity contribution in [3.05, 3.63) is 58.8 Å². The van der Waals surface area contributed by atoms with Crippen molar-refractivity contribution in [2.24, 2.45) is 0 Å². The molecule has 0 aliphatic rings. The molecule has 3 heteroatoms. The molecule has 2 rings (SSSR count). The second kappa shape index (κ2) is 5.36. The fourth-order valence-corrected chi connectivity index (χ4v) is 2.09. The molecule has 96 valence electrons. The van der Waals surface area contributed by atoms with Crippen LogP contribution in [0, 0.1) is 19.7 Å². The van der Waals surface area contributed by atoms with E-state index >= 15 is 0 Å². The predicted molar refractivity (Wildman–Crippen MR) is 70.1 cm³/mol. The summed E-state index contributed by atoms with van der Waals surface area (Å²) in [5.74, 6) is 0.693. The molecule has 0 amide bonds. The van der Waals surface area contributed by atoms with Crippen LogP contribution in [0.1, 0.15) is 35.4 Å². The third kappa shape index (κ3) is 2.46. The Morgan fingerprint density at radius 2 is 2.06 bits per heavy atom. The third-order valence-corrected chi connectivity index (χ3v) is 3.15. The largest absolute Gasteiger partial charge is 0.469 e. The highest BCUT2D eigenvalue weighted by molar-refractivity contribution is 5.35. The Labute approximate surface area is 107 Å². The molecule has 0 saturated heterocycles. The van der Waals surface area contributed by atoms with Crippen LogP contribution in [0.2, 0.25) is 0 Å². The van der Waals surface area contributed by atoms with Crippen molar-refractivity contribution in [2.75, 3.05) is 6.54 Å². The van der Waals surface area contributed by atoms with Crippen molar-refractivity contribution in [3.63, 3.8) is 0 Å². The molecule has 0 spiro atoms. The van der Waals surface area contributed by atoms with E-state index in [0.29, 0.717) is 5.56 Å². The molecular weight excluding hydrogens is 229 g/mol. The van der Waals surface area contributed by atoms with Crippen LogP contribution in [-0.4, -0.2) is 6.54 Å². The molecule has 18 heavy (non-hydrogen) atoms. The summed E-state index contributed by atoms with van der Waals surface area (Å²) in [5.41, 5.74) is 2.64. The lowest BCUT2D eigenvalue weighted by molar-refractivity contribution is 0.519. The first kappa shape index (κ1) is 12.8. The Bertz CT molecular complexity index is 533. The predicted octanol–water partition coefficient (Wildman–Crippen LogP) is 3.73. The highest BCUT2D eigenvalue weighted by Crippen LogP contribution is 2.26. The maximum Gasteiger partial charge on any atom is 0.126 e. The molecule has 1 unspecified atom stereocenters. The van der Waals surface area contributed by atoms with E-state index in [1.165, 1.54) is 0 Å². The summed E-state index contributed by atoms with van der Waals surface area (Å²) in [6.45, 7) is 6.53. The molecule has 0 aliphatic heterocycles. The van der Waals surface area contributed by atoms with Crippen LogP contribution < -0.4 is 5.32 Å². The van der Waals surface area contributed by atoms with Crippen molar-refractivity contribution in [1.82, 2.24) is 5.32 Å². The minimum atomic E-state index is -0.170. The Kier molecular flexibility index (Phi) is 3.82. The molecule has 2 nitrogen and oxygen atoms in total. The third-order valence-electron chi connectivity index (χ3n) is 3.15. The van der Waals surface area contributed by atoms with Gasteiger partial charge in [0.25, 0.3) is 0 Å². The lowest BCUT2D eigenvalue weighted by atomic mass is 9.98. The number of furan rings is 1. The summed E-state index contributed by atoms with van der Waals surface area (Å²) in [6.07, 6.45) is 1.67. The summed E-state index contributed by atoms with van der Waals surface area (Å²) in [6, 6.07) is 7.27. The molecule has 2 aromatic rings. The number of nitrogens with one attached hydrogen (secondary N) is 1. The Morgan fingerprint density at radius 3 is 2.61 bits per heavy atom. The standard InChI is InChI=1S/C15H18FNO/c1-4-17-15(13-7-8-18-11(13)3)12-6-5-10(2)14(16)9-12/h5-9,15,17H,4H2,1-3H3. The molecule has 0 saturated carbocycles. The van der Waals surface area contributed by atoms with Crippen LogP contribution in [-0.2, 0) is 0 Å². The van der Waals surface area contributed by atoms with Crippen LogP contribution in [0.15, 0.2) is 34.9 Å². The van der Waals surface area contributed by atoms with Gasteiger partial charge in [-0.05, 0) is 43.7 Å². The van der Waals surface area contributed by atoms with Gasteiger partial charge in [-0.1, -0.05) is 19.1 Å². The van der Waals surface area contributed by atoms with Crippen molar-refractivity contribution in [2.45, 2.75) is 26.8 Å². The second-order valence-corrected chi connectivity index (χ2v) is 4.43. The van der Waals surface area contributed by atoms with Gasteiger partial charge in [0, 0.05) is 5.56 Å². The molecule has 1 atom stereocenters. The monoisotopic (exact) mass is 247 g/mol. The first-order valence-corrected chi connectivity index (χ1v) is 6.17. The van der Waals surface area contributed by atoms with Gasteiger partial charge in [-0.15, -0.1) is 0 Å². The van der Waals surface area contributed by atoms with Gasteiger partial charge < -0.3 is 9.73 Å². The average molecular weight is 247 g/mol. The second-order valence-electron chi connectivity index (χ2n) is 4.43. The number of halogens is 1. The van der Waals surface area contributed by atoms with E-state index in [9.17, 15) is 4.39 Å². The topological polar surface area (TPSA) is 25.2 Å². The number of benzene rings is 1. The van der Waals surface area contributed by atoms with Crippen LogP contribution in [0.4, 0.5) is 4.39 Å². The van der Waals surface area contributed by atoms with Gasteiger partial charge in [-0.25, -0.2) is 4.39 Å².